The van der Waals surface area contributed by atoms with Crippen molar-refractivity contribution in [3.63, 3.8) is 0 Å². The third-order valence-electron chi connectivity index (χ3n) is 3.01. The SMILES string of the molecule is O=CN[C@@H](CC(=O)O)c1cccc(C2CC2)c1. The Morgan fingerprint density at radius 3 is 2.88 bits per heavy atom. The monoisotopic (exact) mass is 233 g/mol. The summed E-state index contributed by atoms with van der Waals surface area (Å²) < 4.78 is 0. The third-order valence-corrected chi connectivity index (χ3v) is 3.01. The molecule has 0 radical (unpaired) electrons. The van der Waals surface area contributed by atoms with Crippen LogP contribution in [0.5, 0.6) is 0 Å². The van der Waals surface area contributed by atoms with Crippen LogP contribution in [-0.4, -0.2) is 17.5 Å². The van der Waals surface area contributed by atoms with E-state index in [2.05, 4.69) is 11.4 Å². The molecule has 0 heterocycles. The molecule has 1 fully saturated rings. The number of hydrogen-bond acceptors (Lipinski definition) is 2. The van der Waals surface area contributed by atoms with Gasteiger partial charge in [0.25, 0.3) is 0 Å². The van der Waals surface area contributed by atoms with Gasteiger partial charge in [-0.3, -0.25) is 9.59 Å². The third kappa shape index (κ3) is 3.06. The fourth-order valence-corrected chi connectivity index (χ4v) is 1.98. The quantitative estimate of drug-likeness (QED) is 0.736. The minimum Gasteiger partial charge on any atom is -0.481 e. The zero-order valence-corrected chi connectivity index (χ0v) is 9.43. The molecule has 1 aliphatic carbocycles. The predicted molar refractivity (Wildman–Crippen MR) is 62.6 cm³/mol. The second kappa shape index (κ2) is 4.99. The molecule has 2 N–H and O–H groups in total. The Labute approximate surface area is 99.6 Å². The van der Waals surface area contributed by atoms with Gasteiger partial charge in [0.15, 0.2) is 0 Å². The topological polar surface area (TPSA) is 66.4 Å². The Balaban J connectivity index is 2.18. The lowest BCUT2D eigenvalue weighted by molar-refractivity contribution is -0.137. The highest BCUT2D eigenvalue weighted by Gasteiger charge is 2.24. The van der Waals surface area contributed by atoms with E-state index in [4.69, 9.17) is 5.11 Å². The minimum absolute atomic E-state index is 0.0904. The zero-order chi connectivity index (χ0) is 12.3. The maximum absolute atomic E-state index is 10.7. The van der Waals surface area contributed by atoms with Gasteiger partial charge < -0.3 is 10.4 Å². The number of carboxylic acid groups (broad SMARTS) is 1. The standard InChI is InChI=1S/C13H15NO3/c15-8-14-12(7-13(16)17)11-3-1-2-10(6-11)9-4-5-9/h1-3,6,8-9,12H,4-5,7H2,(H,14,15)(H,16,17)/t12-/m0/s1. The van der Waals surface area contributed by atoms with E-state index in [1.54, 1.807) is 0 Å². The fraction of sp³-hybridized carbons (Fsp3) is 0.385. The van der Waals surface area contributed by atoms with Crippen LogP contribution < -0.4 is 5.32 Å². The number of hydrogen-bond donors (Lipinski definition) is 2. The zero-order valence-electron chi connectivity index (χ0n) is 9.43. The molecule has 0 unspecified atom stereocenters. The van der Waals surface area contributed by atoms with Crippen LogP contribution in [0.3, 0.4) is 0 Å². The molecule has 17 heavy (non-hydrogen) atoms. The molecule has 0 bridgehead atoms. The highest BCUT2D eigenvalue weighted by molar-refractivity contribution is 5.68. The van der Waals surface area contributed by atoms with Gasteiger partial charge in [0, 0.05) is 0 Å². The fourth-order valence-electron chi connectivity index (χ4n) is 1.98. The van der Waals surface area contributed by atoms with Gasteiger partial charge in [-0.25, -0.2) is 0 Å². The average Bonchev–Trinajstić information content (AvgIpc) is 3.12. The summed E-state index contributed by atoms with van der Waals surface area (Å²) in [7, 11) is 0. The van der Waals surface area contributed by atoms with Crippen molar-refractivity contribution < 1.29 is 14.7 Å². The summed E-state index contributed by atoms with van der Waals surface area (Å²) in [5.74, 6) is -0.294. The molecule has 1 aromatic rings. The molecule has 1 amide bonds. The van der Waals surface area contributed by atoms with E-state index in [9.17, 15) is 9.59 Å². The van der Waals surface area contributed by atoms with Crippen LogP contribution in [0.25, 0.3) is 0 Å². The molecular formula is C13H15NO3. The smallest absolute Gasteiger partial charge is 0.305 e. The van der Waals surface area contributed by atoms with Crippen LogP contribution in [0.15, 0.2) is 24.3 Å². The Morgan fingerprint density at radius 1 is 1.53 bits per heavy atom. The molecular weight excluding hydrogens is 218 g/mol. The highest BCUT2D eigenvalue weighted by Crippen LogP contribution is 2.40. The second-order valence-electron chi connectivity index (χ2n) is 4.38. The lowest BCUT2D eigenvalue weighted by Gasteiger charge is -2.15. The highest BCUT2D eigenvalue weighted by atomic mass is 16.4. The first-order chi connectivity index (χ1) is 8.20. The van der Waals surface area contributed by atoms with Crippen molar-refractivity contribution in [3.8, 4) is 0 Å². The van der Waals surface area contributed by atoms with Crippen LogP contribution in [0.2, 0.25) is 0 Å². The van der Waals surface area contributed by atoms with Crippen molar-refractivity contribution in [2.45, 2.75) is 31.2 Å². The maximum atomic E-state index is 10.7. The largest absolute Gasteiger partial charge is 0.481 e. The van der Waals surface area contributed by atoms with Crippen molar-refractivity contribution in [1.29, 1.82) is 0 Å². The van der Waals surface area contributed by atoms with E-state index in [1.807, 2.05) is 18.2 Å². The van der Waals surface area contributed by atoms with Gasteiger partial charge in [-0.15, -0.1) is 0 Å². The average molecular weight is 233 g/mol. The van der Waals surface area contributed by atoms with Gasteiger partial charge in [0.1, 0.15) is 0 Å². The van der Waals surface area contributed by atoms with Gasteiger partial charge >= 0.3 is 5.97 Å². The van der Waals surface area contributed by atoms with Gasteiger partial charge in [-0.05, 0) is 29.9 Å². The van der Waals surface area contributed by atoms with Gasteiger partial charge in [0.2, 0.25) is 6.41 Å². The summed E-state index contributed by atoms with van der Waals surface area (Å²) in [6.45, 7) is 0. The first kappa shape index (κ1) is 11.6. The molecule has 1 atom stereocenters. The van der Waals surface area contributed by atoms with Crippen molar-refractivity contribution in [2.75, 3.05) is 0 Å². The van der Waals surface area contributed by atoms with Crippen LogP contribution in [0.4, 0.5) is 0 Å². The van der Waals surface area contributed by atoms with Gasteiger partial charge in [-0.2, -0.15) is 0 Å². The number of amides is 1. The lowest BCUT2D eigenvalue weighted by Crippen LogP contribution is -2.22. The van der Waals surface area contributed by atoms with Crippen molar-refractivity contribution in [1.82, 2.24) is 5.32 Å². The van der Waals surface area contributed by atoms with Crippen LogP contribution >= 0.6 is 0 Å². The van der Waals surface area contributed by atoms with Crippen molar-refractivity contribution >= 4 is 12.4 Å². The van der Waals surface area contributed by atoms with E-state index in [-0.39, 0.29) is 6.42 Å². The lowest BCUT2D eigenvalue weighted by atomic mass is 10.00. The molecule has 1 aliphatic rings. The number of benzene rings is 1. The number of carboxylic acids is 1. The molecule has 0 saturated heterocycles. The molecule has 0 aromatic heterocycles. The van der Waals surface area contributed by atoms with Crippen LogP contribution in [0.1, 0.15) is 42.3 Å². The Bertz CT molecular complexity index is 426. The summed E-state index contributed by atoms with van der Waals surface area (Å²) in [5.41, 5.74) is 2.11. The van der Waals surface area contributed by atoms with Gasteiger partial charge in [0.05, 0.1) is 12.5 Å². The maximum Gasteiger partial charge on any atom is 0.305 e. The van der Waals surface area contributed by atoms with E-state index in [0.717, 1.165) is 5.56 Å². The predicted octanol–water partition coefficient (Wildman–Crippen LogP) is 1.83. The molecule has 2 rings (SSSR count). The van der Waals surface area contributed by atoms with Crippen LogP contribution in [-0.2, 0) is 9.59 Å². The summed E-state index contributed by atoms with van der Waals surface area (Å²) in [5, 5.41) is 11.4. The first-order valence-electron chi connectivity index (χ1n) is 5.72. The number of aliphatic carboxylic acids is 1. The molecule has 4 heteroatoms. The van der Waals surface area contributed by atoms with E-state index in [0.29, 0.717) is 12.3 Å². The molecule has 1 aromatic carbocycles. The number of carbonyl (C=O) groups excluding carboxylic acids is 1. The van der Waals surface area contributed by atoms with Crippen LogP contribution in [0, 0.1) is 0 Å². The molecule has 0 spiro atoms. The number of nitrogens with one attached hydrogen (secondary N) is 1. The number of carbonyl (C=O) groups is 2. The summed E-state index contributed by atoms with van der Waals surface area (Å²) in [4.78, 5) is 21.2. The van der Waals surface area contributed by atoms with E-state index >= 15 is 0 Å². The van der Waals surface area contributed by atoms with Gasteiger partial charge in [-0.1, -0.05) is 24.3 Å². The molecule has 90 valence electrons. The second-order valence-corrected chi connectivity index (χ2v) is 4.38. The summed E-state index contributed by atoms with van der Waals surface area (Å²) in [6.07, 6.45) is 2.87. The Kier molecular flexibility index (Phi) is 3.42. The molecule has 1 saturated carbocycles. The van der Waals surface area contributed by atoms with E-state index in [1.165, 1.54) is 18.4 Å². The number of rotatable bonds is 6. The minimum atomic E-state index is -0.916. The Morgan fingerprint density at radius 2 is 2.29 bits per heavy atom. The molecule has 0 aliphatic heterocycles. The van der Waals surface area contributed by atoms with Crippen molar-refractivity contribution in [2.24, 2.45) is 0 Å². The van der Waals surface area contributed by atoms with Crippen molar-refractivity contribution in [3.05, 3.63) is 35.4 Å². The first-order valence-corrected chi connectivity index (χ1v) is 5.72. The normalized spacial score (nSPS) is 16.2. The summed E-state index contributed by atoms with van der Waals surface area (Å²) >= 11 is 0. The Hall–Kier alpha value is -1.84. The van der Waals surface area contributed by atoms with E-state index < -0.39 is 12.0 Å². The summed E-state index contributed by atoms with van der Waals surface area (Å²) in [6, 6.07) is 7.39. The molecule has 4 nitrogen and oxygen atoms in total.